The highest BCUT2D eigenvalue weighted by molar-refractivity contribution is 5.87. The summed E-state index contributed by atoms with van der Waals surface area (Å²) in [4.78, 5) is 4.61. The Labute approximate surface area is 155 Å². The van der Waals surface area contributed by atoms with E-state index >= 15 is 0 Å². The fourth-order valence-corrected chi connectivity index (χ4v) is 2.97. The first-order valence-electron chi connectivity index (χ1n) is 9.71. The molecule has 138 valence electrons. The van der Waals surface area contributed by atoms with Crippen molar-refractivity contribution in [3.8, 4) is 17.1 Å². The SMILES string of the molecule is CCCCOc1ccc2cc(-c3noc([C@@H](C)CCCC)n3)ccc2c1. The van der Waals surface area contributed by atoms with Gasteiger partial charge in [-0.05, 0) is 41.8 Å². The van der Waals surface area contributed by atoms with E-state index < -0.39 is 0 Å². The van der Waals surface area contributed by atoms with Gasteiger partial charge in [-0.15, -0.1) is 0 Å². The zero-order chi connectivity index (χ0) is 18.4. The third-order valence-corrected chi connectivity index (χ3v) is 4.69. The van der Waals surface area contributed by atoms with Gasteiger partial charge in [0.1, 0.15) is 5.75 Å². The minimum Gasteiger partial charge on any atom is -0.494 e. The van der Waals surface area contributed by atoms with Gasteiger partial charge in [0.25, 0.3) is 0 Å². The van der Waals surface area contributed by atoms with Gasteiger partial charge in [0.05, 0.1) is 6.61 Å². The van der Waals surface area contributed by atoms with Crippen molar-refractivity contribution in [3.05, 3.63) is 42.3 Å². The van der Waals surface area contributed by atoms with Crippen molar-refractivity contribution in [3.63, 3.8) is 0 Å². The summed E-state index contributed by atoms with van der Waals surface area (Å²) in [6.07, 6.45) is 5.66. The Morgan fingerprint density at radius 2 is 1.77 bits per heavy atom. The molecule has 0 N–H and O–H groups in total. The summed E-state index contributed by atoms with van der Waals surface area (Å²) in [6, 6.07) is 12.4. The highest BCUT2D eigenvalue weighted by atomic mass is 16.5. The molecular formula is C22H28N2O2. The summed E-state index contributed by atoms with van der Waals surface area (Å²) in [7, 11) is 0. The normalized spacial score (nSPS) is 12.4. The molecule has 0 aliphatic heterocycles. The molecule has 3 aromatic rings. The number of aromatic nitrogens is 2. The standard InChI is InChI=1S/C22H28N2O2/c1-4-6-8-16(3)22-23-21(24-26-22)19-10-9-18-15-20(25-13-7-5-2)12-11-17(18)14-19/h9-12,14-16H,4-8,13H2,1-3H3/t16-/m0/s1. The monoisotopic (exact) mass is 352 g/mol. The van der Waals surface area contributed by atoms with Crippen molar-refractivity contribution in [1.29, 1.82) is 0 Å². The first-order chi connectivity index (χ1) is 12.7. The summed E-state index contributed by atoms with van der Waals surface area (Å²) >= 11 is 0. The lowest BCUT2D eigenvalue weighted by Crippen LogP contribution is -1.96. The molecule has 4 heteroatoms. The highest BCUT2D eigenvalue weighted by Crippen LogP contribution is 2.27. The van der Waals surface area contributed by atoms with Crippen LogP contribution in [-0.4, -0.2) is 16.7 Å². The van der Waals surface area contributed by atoms with Crippen molar-refractivity contribution in [2.75, 3.05) is 6.61 Å². The van der Waals surface area contributed by atoms with Crippen molar-refractivity contribution in [2.45, 2.75) is 58.8 Å². The lowest BCUT2D eigenvalue weighted by atomic mass is 10.0. The Kier molecular flexibility index (Phi) is 6.26. The van der Waals surface area contributed by atoms with Crippen LogP contribution in [0.5, 0.6) is 5.75 Å². The van der Waals surface area contributed by atoms with Crippen LogP contribution in [0.3, 0.4) is 0 Å². The highest BCUT2D eigenvalue weighted by Gasteiger charge is 2.15. The number of benzene rings is 2. The molecule has 1 heterocycles. The lowest BCUT2D eigenvalue weighted by Gasteiger charge is -2.07. The average Bonchev–Trinajstić information content (AvgIpc) is 3.16. The maximum absolute atomic E-state index is 5.79. The molecule has 1 atom stereocenters. The van der Waals surface area contributed by atoms with Gasteiger partial charge < -0.3 is 9.26 Å². The molecular weight excluding hydrogens is 324 g/mol. The first-order valence-corrected chi connectivity index (χ1v) is 9.71. The largest absolute Gasteiger partial charge is 0.494 e. The van der Waals surface area contributed by atoms with E-state index in [1.807, 2.05) is 12.1 Å². The minimum absolute atomic E-state index is 0.305. The zero-order valence-electron chi connectivity index (χ0n) is 16.0. The topological polar surface area (TPSA) is 48.2 Å². The Morgan fingerprint density at radius 3 is 2.58 bits per heavy atom. The van der Waals surface area contributed by atoms with Crippen molar-refractivity contribution in [2.24, 2.45) is 0 Å². The first kappa shape index (κ1) is 18.4. The van der Waals surface area contributed by atoms with Gasteiger partial charge in [0, 0.05) is 11.5 Å². The van der Waals surface area contributed by atoms with Crippen molar-refractivity contribution < 1.29 is 9.26 Å². The van der Waals surface area contributed by atoms with Crippen LogP contribution >= 0.6 is 0 Å². The average molecular weight is 352 g/mol. The van der Waals surface area contributed by atoms with E-state index in [0.29, 0.717) is 11.7 Å². The smallest absolute Gasteiger partial charge is 0.229 e. The van der Waals surface area contributed by atoms with Crippen LogP contribution in [0.1, 0.15) is 64.7 Å². The van der Waals surface area contributed by atoms with Crippen LogP contribution in [-0.2, 0) is 0 Å². The van der Waals surface area contributed by atoms with Crippen LogP contribution in [0.25, 0.3) is 22.2 Å². The number of fused-ring (bicyclic) bond motifs is 1. The van der Waals surface area contributed by atoms with Crippen LogP contribution < -0.4 is 4.74 Å². The fourth-order valence-electron chi connectivity index (χ4n) is 2.97. The van der Waals surface area contributed by atoms with Crippen LogP contribution in [0.2, 0.25) is 0 Å². The fraction of sp³-hybridized carbons (Fsp3) is 0.455. The molecule has 0 amide bonds. The van der Waals surface area contributed by atoms with Gasteiger partial charge in [0.2, 0.25) is 11.7 Å². The molecule has 3 rings (SSSR count). The molecule has 0 bridgehead atoms. The number of rotatable bonds is 9. The Bertz CT molecular complexity index is 841. The summed E-state index contributed by atoms with van der Waals surface area (Å²) in [6.45, 7) is 7.27. The van der Waals surface area contributed by atoms with Crippen LogP contribution in [0.15, 0.2) is 40.9 Å². The summed E-state index contributed by atoms with van der Waals surface area (Å²) < 4.78 is 11.3. The molecule has 0 aliphatic carbocycles. The number of unbranched alkanes of at least 4 members (excludes halogenated alkanes) is 2. The van der Waals surface area contributed by atoms with Crippen molar-refractivity contribution >= 4 is 10.8 Å². The maximum Gasteiger partial charge on any atom is 0.229 e. The molecule has 0 fully saturated rings. The minimum atomic E-state index is 0.305. The van der Waals surface area contributed by atoms with E-state index in [0.717, 1.165) is 53.8 Å². The van der Waals surface area contributed by atoms with Gasteiger partial charge >= 0.3 is 0 Å². The molecule has 0 saturated carbocycles. The molecule has 26 heavy (non-hydrogen) atoms. The van der Waals surface area contributed by atoms with Crippen LogP contribution in [0, 0.1) is 0 Å². The summed E-state index contributed by atoms with van der Waals surface area (Å²) in [5.74, 6) is 2.62. The molecule has 0 radical (unpaired) electrons. The number of nitrogens with zero attached hydrogens (tertiary/aromatic N) is 2. The molecule has 1 aromatic heterocycles. The molecule has 0 aliphatic rings. The number of ether oxygens (including phenoxy) is 1. The Hall–Kier alpha value is -2.36. The second-order valence-electron chi connectivity index (χ2n) is 6.93. The Morgan fingerprint density at radius 1 is 1.00 bits per heavy atom. The molecule has 0 unspecified atom stereocenters. The predicted molar refractivity (Wildman–Crippen MR) is 106 cm³/mol. The molecule has 0 saturated heterocycles. The van der Waals surface area contributed by atoms with Crippen molar-refractivity contribution in [1.82, 2.24) is 10.1 Å². The third kappa shape index (κ3) is 4.43. The van der Waals surface area contributed by atoms with Gasteiger partial charge in [-0.1, -0.05) is 63.4 Å². The van der Waals surface area contributed by atoms with Gasteiger partial charge in [-0.3, -0.25) is 0 Å². The lowest BCUT2D eigenvalue weighted by molar-refractivity contribution is 0.310. The molecule has 0 spiro atoms. The summed E-state index contributed by atoms with van der Waals surface area (Å²) in [5.41, 5.74) is 0.981. The number of hydrogen-bond donors (Lipinski definition) is 0. The van der Waals surface area contributed by atoms with E-state index in [-0.39, 0.29) is 0 Å². The van der Waals surface area contributed by atoms with E-state index in [1.54, 1.807) is 0 Å². The quantitative estimate of drug-likeness (QED) is 0.420. The second kappa shape index (κ2) is 8.84. The predicted octanol–water partition coefficient (Wildman–Crippen LogP) is 6.36. The van der Waals surface area contributed by atoms with E-state index in [9.17, 15) is 0 Å². The van der Waals surface area contributed by atoms with Crippen LogP contribution in [0.4, 0.5) is 0 Å². The number of hydrogen-bond acceptors (Lipinski definition) is 4. The second-order valence-corrected chi connectivity index (χ2v) is 6.93. The Balaban J connectivity index is 1.76. The third-order valence-electron chi connectivity index (χ3n) is 4.69. The van der Waals surface area contributed by atoms with Gasteiger partial charge in [-0.2, -0.15) is 4.98 Å². The van der Waals surface area contributed by atoms with E-state index in [2.05, 4.69) is 55.2 Å². The summed E-state index contributed by atoms with van der Waals surface area (Å²) in [5, 5.41) is 6.48. The molecule has 2 aromatic carbocycles. The van der Waals surface area contributed by atoms with Gasteiger partial charge in [0.15, 0.2) is 0 Å². The molecule has 4 nitrogen and oxygen atoms in total. The zero-order valence-corrected chi connectivity index (χ0v) is 16.0. The van der Waals surface area contributed by atoms with E-state index in [4.69, 9.17) is 9.26 Å². The maximum atomic E-state index is 5.79. The van der Waals surface area contributed by atoms with E-state index in [1.165, 1.54) is 12.8 Å². The van der Waals surface area contributed by atoms with Gasteiger partial charge in [-0.25, -0.2) is 0 Å².